The fourth-order valence-electron chi connectivity index (χ4n) is 1.92. The minimum absolute atomic E-state index is 0.129. The molecule has 0 aliphatic heterocycles. The number of esters is 1. The number of nitrogens with one attached hydrogen (secondary N) is 1. The highest BCUT2D eigenvalue weighted by Crippen LogP contribution is 2.17. The zero-order valence-electron chi connectivity index (χ0n) is 11.4. The molecule has 6 heteroatoms. The summed E-state index contributed by atoms with van der Waals surface area (Å²) < 4.78 is 4.73. The van der Waals surface area contributed by atoms with Gasteiger partial charge in [0, 0.05) is 23.2 Å². The Balaban J connectivity index is 2.29. The molecule has 1 aromatic heterocycles. The molecule has 5 nitrogen and oxygen atoms in total. The van der Waals surface area contributed by atoms with Crippen LogP contribution in [0.15, 0.2) is 35.1 Å². The average molecular weight is 308 g/mol. The quantitative estimate of drug-likeness (QED) is 0.851. The van der Waals surface area contributed by atoms with Gasteiger partial charge in [0.2, 0.25) is 0 Å². The smallest absolute Gasteiger partial charge is 0.347 e. The van der Waals surface area contributed by atoms with Gasteiger partial charge in [-0.05, 0) is 24.6 Å². The van der Waals surface area contributed by atoms with Gasteiger partial charge < -0.3 is 14.8 Å². The summed E-state index contributed by atoms with van der Waals surface area (Å²) in [6, 6.07) is 8.46. The maximum atomic E-state index is 11.9. The van der Waals surface area contributed by atoms with Crippen LogP contribution < -0.4 is 5.56 Å². The zero-order chi connectivity index (χ0) is 15.4. The second-order valence-electron chi connectivity index (χ2n) is 4.41. The molecule has 1 aromatic carbocycles. The number of aromatic nitrogens is 1. The van der Waals surface area contributed by atoms with E-state index in [9.17, 15) is 14.7 Å². The summed E-state index contributed by atoms with van der Waals surface area (Å²) in [6.45, 7) is 1.75. The van der Waals surface area contributed by atoms with E-state index in [4.69, 9.17) is 16.3 Å². The topological polar surface area (TPSA) is 79.4 Å². The third-order valence-electron chi connectivity index (χ3n) is 2.86. The maximum Gasteiger partial charge on any atom is 0.347 e. The number of aromatic hydroxyl groups is 1. The van der Waals surface area contributed by atoms with Crippen molar-refractivity contribution >= 4 is 17.6 Å². The maximum absolute atomic E-state index is 11.9. The first-order chi connectivity index (χ1) is 10.0. The zero-order valence-corrected chi connectivity index (χ0v) is 12.1. The van der Waals surface area contributed by atoms with E-state index in [2.05, 4.69) is 4.98 Å². The molecule has 2 N–H and O–H groups in total. The summed E-state index contributed by atoms with van der Waals surface area (Å²) in [7, 11) is 0. The molecule has 0 saturated heterocycles. The molecule has 0 atom stereocenters. The van der Waals surface area contributed by atoms with Crippen molar-refractivity contribution in [1.82, 2.24) is 4.98 Å². The number of halogens is 1. The summed E-state index contributed by atoms with van der Waals surface area (Å²) in [6.07, 6.45) is 0.406. The highest BCUT2D eigenvalue weighted by Gasteiger charge is 2.18. The number of hydrogen-bond donors (Lipinski definition) is 2. The van der Waals surface area contributed by atoms with E-state index >= 15 is 0 Å². The standard InChI is InChI=1S/C15H14ClNO4/c1-2-21-15(20)13-12(18)8-11(17-14(13)19)7-9-3-5-10(16)6-4-9/h3-6,8H,2,7H2,1H3,(H2,17,18,19). The predicted molar refractivity (Wildman–Crippen MR) is 78.9 cm³/mol. The van der Waals surface area contributed by atoms with Crippen molar-refractivity contribution < 1.29 is 14.6 Å². The number of H-pyrrole nitrogens is 1. The molecule has 0 spiro atoms. The predicted octanol–water partition coefficient (Wildman–Crippen LogP) is 2.50. The molecule has 110 valence electrons. The molecule has 1 heterocycles. The molecule has 0 radical (unpaired) electrons. The molecule has 0 aliphatic carbocycles. The normalized spacial score (nSPS) is 10.4. The van der Waals surface area contributed by atoms with Crippen molar-refractivity contribution in [3.8, 4) is 5.75 Å². The number of aromatic amines is 1. The highest BCUT2D eigenvalue weighted by molar-refractivity contribution is 6.30. The first-order valence-electron chi connectivity index (χ1n) is 6.38. The molecule has 0 aliphatic rings. The Labute approximate surface area is 126 Å². The third kappa shape index (κ3) is 3.64. The molecule has 0 bridgehead atoms. The Morgan fingerprint density at radius 2 is 2.00 bits per heavy atom. The average Bonchev–Trinajstić information content (AvgIpc) is 2.41. The van der Waals surface area contributed by atoms with Gasteiger partial charge in [0.05, 0.1) is 6.61 Å². The van der Waals surface area contributed by atoms with E-state index in [-0.39, 0.29) is 17.9 Å². The minimum atomic E-state index is -0.839. The van der Waals surface area contributed by atoms with Gasteiger partial charge in [-0.15, -0.1) is 0 Å². The number of rotatable bonds is 4. The van der Waals surface area contributed by atoms with Gasteiger partial charge >= 0.3 is 5.97 Å². The fraction of sp³-hybridized carbons (Fsp3) is 0.200. The summed E-state index contributed by atoms with van der Waals surface area (Å²) >= 11 is 5.80. The molecule has 0 amide bonds. The van der Waals surface area contributed by atoms with Crippen molar-refractivity contribution in [2.75, 3.05) is 6.61 Å². The van der Waals surface area contributed by atoms with E-state index in [1.807, 2.05) is 12.1 Å². The summed E-state index contributed by atoms with van der Waals surface area (Å²) in [4.78, 5) is 26.0. The SMILES string of the molecule is CCOC(=O)c1c(O)cc(Cc2ccc(Cl)cc2)[nH]c1=O. The Kier molecular flexibility index (Phi) is 4.65. The van der Waals surface area contributed by atoms with Crippen LogP contribution in [0.3, 0.4) is 0 Å². The number of pyridine rings is 1. The van der Waals surface area contributed by atoms with Crippen molar-refractivity contribution in [1.29, 1.82) is 0 Å². The number of carbonyl (C=O) groups is 1. The summed E-state index contributed by atoms with van der Waals surface area (Å²) in [5.41, 5.74) is 0.361. The lowest BCUT2D eigenvalue weighted by atomic mass is 10.1. The fourth-order valence-corrected chi connectivity index (χ4v) is 2.04. The molecule has 0 fully saturated rings. The number of ether oxygens (including phenoxy) is 1. The van der Waals surface area contributed by atoms with E-state index in [1.165, 1.54) is 6.07 Å². The largest absolute Gasteiger partial charge is 0.507 e. The lowest BCUT2D eigenvalue weighted by Gasteiger charge is -2.07. The van der Waals surface area contributed by atoms with Crippen LogP contribution in [-0.2, 0) is 11.2 Å². The van der Waals surface area contributed by atoms with Crippen molar-refractivity contribution in [2.45, 2.75) is 13.3 Å². The first kappa shape index (κ1) is 15.1. The van der Waals surface area contributed by atoms with Crippen molar-refractivity contribution in [3.63, 3.8) is 0 Å². The number of carbonyl (C=O) groups excluding carboxylic acids is 1. The van der Waals surface area contributed by atoms with Crippen LogP contribution >= 0.6 is 11.6 Å². The Hall–Kier alpha value is -2.27. The molecular formula is C15H14ClNO4. The molecule has 21 heavy (non-hydrogen) atoms. The van der Waals surface area contributed by atoms with Gasteiger partial charge in [0.25, 0.3) is 5.56 Å². The van der Waals surface area contributed by atoms with Crippen LogP contribution in [0.1, 0.15) is 28.5 Å². The lowest BCUT2D eigenvalue weighted by molar-refractivity contribution is 0.0521. The highest BCUT2D eigenvalue weighted by atomic mass is 35.5. The van der Waals surface area contributed by atoms with E-state index in [0.29, 0.717) is 17.1 Å². The van der Waals surface area contributed by atoms with Gasteiger partial charge in [-0.25, -0.2) is 4.79 Å². The first-order valence-corrected chi connectivity index (χ1v) is 6.75. The van der Waals surface area contributed by atoms with Crippen LogP contribution in [0, 0.1) is 0 Å². The Morgan fingerprint density at radius 1 is 1.33 bits per heavy atom. The lowest BCUT2D eigenvalue weighted by Crippen LogP contribution is -2.21. The molecular weight excluding hydrogens is 294 g/mol. The van der Waals surface area contributed by atoms with Crippen molar-refractivity contribution in [3.05, 3.63) is 62.5 Å². The Morgan fingerprint density at radius 3 is 2.57 bits per heavy atom. The van der Waals surface area contributed by atoms with E-state index in [1.54, 1.807) is 19.1 Å². The molecule has 0 saturated carbocycles. The van der Waals surface area contributed by atoms with E-state index in [0.717, 1.165) is 5.56 Å². The van der Waals surface area contributed by atoms with Gasteiger partial charge in [-0.1, -0.05) is 23.7 Å². The molecule has 2 aromatic rings. The summed E-state index contributed by atoms with van der Waals surface area (Å²) in [5, 5.41) is 10.5. The van der Waals surface area contributed by atoms with Crippen LogP contribution in [-0.4, -0.2) is 22.7 Å². The second kappa shape index (κ2) is 6.45. The Bertz CT molecular complexity index is 707. The second-order valence-corrected chi connectivity index (χ2v) is 4.84. The van der Waals surface area contributed by atoms with E-state index < -0.39 is 11.5 Å². The monoisotopic (exact) mass is 307 g/mol. The van der Waals surface area contributed by atoms with Crippen LogP contribution in [0.25, 0.3) is 0 Å². The third-order valence-corrected chi connectivity index (χ3v) is 3.11. The number of hydrogen-bond acceptors (Lipinski definition) is 4. The van der Waals surface area contributed by atoms with Gasteiger partial charge in [0.1, 0.15) is 5.75 Å². The molecule has 2 rings (SSSR count). The van der Waals surface area contributed by atoms with Crippen molar-refractivity contribution in [2.24, 2.45) is 0 Å². The van der Waals surface area contributed by atoms with Crippen LogP contribution in [0.4, 0.5) is 0 Å². The molecule has 0 unspecified atom stereocenters. The van der Waals surface area contributed by atoms with Gasteiger partial charge in [-0.2, -0.15) is 0 Å². The minimum Gasteiger partial charge on any atom is -0.507 e. The van der Waals surface area contributed by atoms with Crippen LogP contribution in [0.5, 0.6) is 5.75 Å². The van der Waals surface area contributed by atoms with Crippen LogP contribution in [0.2, 0.25) is 5.02 Å². The van der Waals surface area contributed by atoms with Gasteiger partial charge in [0.15, 0.2) is 5.56 Å². The number of benzene rings is 1. The van der Waals surface area contributed by atoms with Gasteiger partial charge in [-0.3, -0.25) is 4.79 Å². The summed E-state index contributed by atoms with van der Waals surface area (Å²) in [5.74, 6) is -1.23.